The molecule has 1 aromatic carbocycles. The molecule has 0 atom stereocenters. The van der Waals surface area contributed by atoms with Crippen LogP contribution in [0.25, 0.3) is 5.65 Å². The zero-order valence-corrected chi connectivity index (χ0v) is 16.8. The van der Waals surface area contributed by atoms with Crippen molar-refractivity contribution >= 4 is 38.6 Å². The van der Waals surface area contributed by atoms with Gasteiger partial charge in [-0.1, -0.05) is 24.3 Å². The van der Waals surface area contributed by atoms with Crippen molar-refractivity contribution in [2.24, 2.45) is 0 Å². The number of thiophene rings is 1. The lowest BCUT2D eigenvalue weighted by molar-refractivity contribution is -0.120. The largest absolute Gasteiger partial charge is 0.348 e. The maximum atomic E-state index is 12.2. The second-order valence-electron chi connectivity index (χ2n) is 6.23. The molecule has 0 radical (unpaired) electrons. The second kappa shape index (κ2) is 8.02. The van der Waals surface area contributed by atoms with Gasteiger partial charge in [0, 0.05) is 11.9 Å². The number of rotatable bonds is 7. The average molecular weight is 428 g/mol. The van der Waals surface area contributed by atoms with Gasteiger partial charge in [0.2, 0.25) is 5.91 Å². The van der Waals surface area contributed by atoms with Crippen LogP contribution in [0.2, 0.25) is 0 Å². The summed E-state index contributed by atoms with van der Waals surface area (Å²) in [6.45, 7) is 0.267. The molecule has 4 aromatic rings. The summed E-state index contributed by atoms with van der Waals surface area (Å²) in [5.74, 6) is 0.483. The van der Waals surface area contributed by atoms with Gasteiger partial charge in [-0.05, 0) is 41.3 Å². The minimum atomic E-state index is -3.58. The van der Waals surface area contributed by atoms with Gasteiger partial charge in [-0.15, -0.1) is 21.5 Å². The van der Waals surface area contributed by atoms with E-state index >= 15 is 0 Å². The number of carbonyl (C=O) groups excluding carboxylic acids is 1. The Balaban J connectivity index is 1.34. The molecule has 0 unspecified atom stereocenters. The minimum absolute atomic E-state index is 0.162. The average Bonchev–Trinajstić information content (AvgIpc) is 3.38. The van der Waals surface area contributed by atoms with E-state index in [9.17, 15) is 13.2 Å². The molecule has 1 amide bonds. The summed E-state index contributed by atoms with van der Waals surface area (Å²) in [5.41, 5.74) is 1.93. The van der Waals surface area contributed by atoms with Crippen LogP contribution >= 0.6 is 11.3 Å². The number of benzene rings is 1. The van der Waals surface area contributed by atoms with Crippen molar-refractivity contribution < 1.29 is 13.2 Å². The van der Waals surface area contributed by atoms with Crippen LogP contribution < -0.4 is 10.0 Å². The predicted molar refractivity (Wildman–Crippen MR) is 110 cm³/mol. The smallest absolute Gasteiger partial charge is 0.271 e. The van der Waals surface area contributed by atoms with Crippen molar-refractivity contribution in [3.63, 3.8) is 0 Å². The van der Waals surface area contributed by atoms with Crippen molar-refractivity contribution in [1.82, 2.24) is 19.9 Å². The number of hydrogen-bond acceptors (Lipinski definition) is 6. The maximum Gasteiger partial charge on any atom is 0.271 e. The molecule has 10 heteroatoms. The number of pyridine rings is 1. The molecule has 29 heavy (non-hydrogen) atoms. The Hall–Kier alpha value is -3.24. The van der Waals surface area contributed by atoms with Crippen LogP contribution in [-0.2, 0) is 27.8 Å². The van der Waals surface area contributed by atoms with E-state index in [2.05, 4.69) is 20.2 Å². The van der Waals surface area contributed by atoms with Crippen LogP contribution in [0.15, 0.2) is 70.4 Å². The zero-order valence-electron chi connectivity index (χ0n) is 15.1. The third-order valence-electron chi connectivity index (χ3n) is 4.16. The summed E-state index contributed by atoms with van der Waals surface area (Å²) in [6.07, 6.45) is 2.02. The summed E-state index contributed by atoms with van der Waals surface area (Å²) in [5, 5.41) is 12.7. The fourth-order valence-electron chi connectivity index (χ4n) is 2.75. The number of amides is 1. The highest BCUT2D eigenvalue weighted by atomic mass is 32.2. The van der Waals surface area contributed by atoms with E-state index in [1.54, 1.807) is 41.8 Å². The Morgan fingerprint density at radius 1 is 1.03 bits per heavy atom. The Labute approximate surface area is 171 Å². The van der Waals surface area contributed by atoms with Crippen molar-refractivity contribution in [3.8, 4) is 0 Å². The number of sulfonamides is 1. The second-order valence-corrected chi connectivity index (χ2v) is 9.09. The fraction of sp³-hybridized carbons (Fsp3) is 0.105. The van der Waals surface area contributed by atoms with Gasteiger partial charge in [0.15, 0.2) is 11.5 Å². The maximum absolute atomic E-state index is 12.2. The van der Waals surface area contributed by atoms with Crippen molar-refractivity contribution in [1.29, 1.82) is 0 Å². The third-order valence-corrected chi connectivity index (χ3v) is 6.94. The van der Waals surface area contributed by atoms with E-state index in [-0.39, 0.29) is 23.1 Å². The normalized spacial score (nSPS) is 11.4. The molecule has 3 aromatic heterocycles. The number of anilines is 1. The van der Waals surface area contributed by atoms with E-state index in [0.717, 1.165) is 22.5 Å². The highest BCUT2D eigenvalue weighted by Gasteiger charge is 2.15. The predicted octanol–water partition coefficient (Wildman–Crippen LogP) is 2.45. The number of hydrogen-bond donors (Lipinski definition) is 2. The van der Waals surface area contributed by atoms with Gasteiger partial charge < -0.3 is 5.32 Å². The number of nitrogens with one attached hydrogen (secondary N) is 2. The van der Waals surface area contributed by atoms with Crippen LogP contribution in [0.3, 0.4) is 0 Å². The molecule has 0 saturated heterocycles. The van der Waals surface area contributed by atoms with Crippen LogP contribution in [-0.4, -0.2) is 28.9 Å². The first-order valence-electron chi connectivity index (χ1n) is 8.72. The third kappa shape index (κ3) is 4.44. The Morgan fingerprint density at radius 2 is 1.86 bits per heavy atom. The lowest BCUT2D eigenvalue weighted by Crippen LogP contribution is -2.25. The molecule has 8 nitrogen and oxygen atoms in total. The highest BCUT2D eigenvalue weighted by molar-refractivity contribution is 7.94. The molecular formula is C19H17N5O3S2. The molecule has 2 N–H and O–H groups in total. The summed E-state index contributed by atoms with van der Waals surface area (Å²) >= 11 is 1.15. The highest BCUT2D eigenvalue weighted by Crippen LogP contribution is 2.20. The van der Waals surface area contributed by atoms with Crippen LogP contribution in [0.1, 0.15) is 11.4 Å². The van der Waals surface area contributed by atoms with Gasteiger partial charge in [0.05, 0.1) is 13.0 Å². The van der Waals surface area contributed by atoms with E-state index in [4.69, 9.17) is 0 Å². The first-order chi connectivity index (χ1) is 14.0. The lowest BCUT2D eigenvalue weighted by Gasteiger charge is -2.08. The van der Waals surface area contributed by atoms with Crippen molar-refractivity contribution in [2.45, 2.75) is 17.2 Å². The Kier molecular flexibility index (Phi) is 5.28. The molecule has 0 saturated carbocycles. The molecule has 0 spiro atoms. The molecule has 3 heterocycles. The van der Waals surface area contributed by atoms with E-state index in [0.29, 0.717) is 11.5 Å². The van der Waals surface area contributed by atoms with Gasteiger partial charge in [-0.2, -0.15) is 0 Å². The SMILES string of the molecule is O=C(Cc1ccc(NS(=O)(=O)c2cccs2)cc1)NCc1nnc2ccccn12. The summed E-state index contributed by atoms with van der Waals surface area (Å²) in [4.78, 5) is 12.2. The van der Waals surface area contributed by atoms with Gasteiger partial charge >= 0.3 is 0 Å². The number of aromatic nitrogens is 3. The molecule has 148 valence electrons. The molecule has 0 aliphatic heterocycles. The van der Waals surface area contributed by atoms with Crippen LogP contribution in [0.5, 0.6) is 0 Å². The summed E-state index contributed by atoms with van der Waals surface area (Å²) in [6, 6.07) is 15.5. The molecule has 0 bridgehead atoms. The molecule has 4 rings (SSSR count). The number of fused-ring (bicyclic) bond motifs is 1. The number of carbonyl (C=O) groups is 1. The van der Waals surface area contributed by atoms with E-state index < -0.39 is 10.0 Å². The fourth-order valence-corrected chi connectivity index (χ4v) is 4.80. The van der Waals surface area contributed by atoms with Crippen LogP contribution in [0.4, 0.5) is 5.69 Å². The Morgan fingerprint density at radius 3 is 2.62 bits per heavy atom. The lowest BCUT2D eigenvalue weighted by atomic mass is 10.1. The van der Waals surface area contributed by atoms with Gasteiger partial charge in [-0.3, -0.25) is 13.9 Å². The van der Waals surface area contributed by atoms with Crippen molar-refractivity contribution in [2.75, 3.05) is 4.72 Å². The molecular weight excluding hydrogens is 410 g/mol. The molecule has 0 aliphatic carbocycles. The minimum Gasteiger partial charge on any atom is -0.348 e. The monoisotopic (exact) mass is 427 g/mol. The van der Waals surface area contributed by atoms with Gasteiger partial charge in [0.25, 0.3) is 10.0 Å². The standard InChI is InChI=1S/C19H17N5O3S2/c25-18(20-13-17-22-21-16-4-1-2-10-24(16)17)12-14-6-8-15(9-7-14)23-29(26,27)19-5-3-11-28-19/h1-11,23H,12-13H2,(H,20,25). The molecule has 0 aliphatic rings. The quantitative estimate of drug-likeness (QED) is 0.471. The van der Waals surface area contributed by atoms with Crippen molar-refractivity contribution in [3.05, 3.63) is 77.6 Å². The Bertz CT molecular complexity index is 1230. The van der Waals surface area contributed by atoms with Gasteiger partial charge in [-0.25, -0.2) is 8.42 Å². The summed E-state index contributed by atoms with van der Waals surface area (Å²) < 4.78 is 29.1. The van der Waals surface area contributed by atoms with Gasteiger partial charge in [0.1, 0.15) is 4.21 Å². The topological polar surface area (TPSA) is 105 Å². The number of nitrogens with zero attached hydrogens (tertiary/aromatic N) is 3. The van der Waals surface area contributed by atoms with Crippen LogP contribution in [0, 0.1) is 0 Å². The first kappa shape index (κ1) is 19.1. The zero-order chi connectivity index (χ0) is 20.3. The first-order valence-corrected chi connectivity index (χ1v) is 11.1. The summed E-state index contributed by atoms with van der Waals surface area (Å²) in [7, 11) is -3.58. The molecule has 0 fully saturated rings. The van der Waals surface area contributed by atoms with E-state index in [1.807, 2.05) is 28.8 Å². The van der Waals surface area contributed by atoms with E-state index in [1.165, 1.54) is 0 Å².